The van der Waals surface area contributed by atoms with Crippen molar-refractivity contribution in [2.75, 3.05) is 18.5 Å². The van der Waals surface area contributed by atoms with Gasteiger partial charge in [0.25, 0.3) is 0 Å². The van der Waals surface area contributed by atoms with Gasteiger partial charge in [-0.1, -0.05) is 6.42 Å². The molecule has 1 aliphatic heterocycles. The smallest absolute Gasteiger partial charge is 0.297 e. The minimum Gasteiger partial charge on any atom is -0.297 e. The number of hydrogen-bond acceptors (Lipinski definition) is 5. The average Bonchev–Trinajstić information content (AvgIpc) is 2.31. The molecule has 1 saturated heterocycles. The van der Waals surface area contributed by atoms with Crippen LogP contribution in [0.1, 0.15) is 19.3 Å². The second kappa shape index (κ2) is 4.89. The molecular formula is C10H14N4O2. The van der Waals surface area contributed by atoms with Gasteiger partial charge in [0.05, 0.1) is 4.92 Å². The number of nitro groups is 1. The van der Waals surface area contributed by atoms with E-state index < -0.39 is 4.92 Å². The number of nitrogens with zero attached hydrogens (tertiary/aromatic N) is 3. The summed E-state index contributed by atoms with van der Waals surface area (Å²) in [6.45, 7) is 1.82. The van der Waals surface area contributed by atoms with E-state index in [1.165, 1.54) is 12.5 Å². The van der Waals surface area contributed by atoms with Crippen LogP contribution in [0, 0.1) is 10.1 Å². The quantitative estimate of drug-likeness (QED) is 0.623. The molecule has 1 aromatic rings. The fourth-order valence-corrected chi connectivity index (χ4v) is 1.79. The van der Waals surface area contributed by atoms with Crippen LogP contribution in [0.2, 0.25) is 0 Å². The van der Waals surface area contributed by atoms with Gasteiger partial charge >= 0.3 is 5.69 Å². The largest absolute Gasteiger partial charge is 0.312 e. The lowest BCUT2D eigenvalue weighted by Gasteiger charge is -2.26. The van der Waals surface area contributed by atoms with Gasteiger partial charge in [-0.15, -0.1) is 0 Å². The Morgan fingerprint density at radius 2 is 2.12 bits per heavy atom. The molecule has 16 heavy (non-hydrogen) atoms. The maximum atomic E-state index is 10.8. The molecule has 0 saturated carbocycles. The molecule has 86 valence electrons. The number of hydrazine groups is 1. The molecule has 6 nitrogen and oxygen atoms in total. The molecule has 0 bridgehead atoms. The van der Waals surface area contributed by atoms with Crippen molar-refractivity contribution < 1.29 is 4.92 Å². The lowest BCUT2D eigenvalue weighted by molar-refractivity contribution is -0.384. The second-order valence-corrected chi connectivity index (χ2v) is 3.79. The Hall–Kier alpha value is -1.69. The lowest BCUT2D eigenvalue weighted by atomic mass is 10.2. The second-order valence-electron chi connectivity index (χ2n) is 3.79. The van der Waals surface area contributed by atoms with E-state index in [2.05, 4.69) is 10.4 Å². The van der Waals surface area contributed by atoms with Crippen LogP contribution >= 0.6 is 0 Å². The molecule has 0 radical (unpaired) electrons. The highest BCUT2D eigenvalue weighted by molar-refractivity contribution is 5.54. The molecule has 2 rings (SSSR count). The Labute approximate surface area is 93.4 Å². The van der Waals surface area contributed by atoms with E-state index in [1.54, 1.807) is 12.3 Å². The average molecular weight is 222 g/mol. The van der Waals surface area contributed by atoms with Crippen LogP contribution < -0.4 is 5.43 Å². The monoisotopic (exact) mass is 222 g/mol. The molecule has 0 amide bonds. The van der Waals surface area contributed by atoms with Crippen molar-refractivity contribution in [3.8, 4) is 0 Å². The summed E-state index contributed by atoms with van der Waals surface area (Å²) in [4.78, 5) is 14.4. The molecular weight excluding hydrogens is 208 g/mol. The summed E-state index contributed by atoms with van der Waals surface area (Å²) in [5.74, 6) is 0.328. The summed E-state index contributed by atoms with van der Waals surface area (Å²) in [6.07, 6.45) is 5.02. The molecule has 2 heterocycles. The first-order chi connectivity index (χ1) is 7.77. The van der Waals surface area contributed by atoms with Gasteiger partial charge in [-0.3, -0.25) is 15.5 Å². The standard InChI is InChI=1S/C10H14N4O2/c15-14(16)9-5-4-6-11-10(9)12-13-7-2-1-3-8-13/h4-6H,1-3,7-8H2,(H,11,12). The van der Waals surface area contributed by atoms with Gasteiger partial charge in [-0.05, 0) is 18.9 Å². The Morgan fingerprint density at radius 3 is 2.81 bits per heavy atom. The van der Waals surface area contributed by atoms with Crippen LogP contribution in [0.15, 0.2) is 18.3 Å². The van der Waals surface area contributed by atoms with Gasteiger partial charge < -0.3 is 0 Å². The van der Waals surface area contributed by atoms with Gasteiger partial charge in [-0.25, -0.2) is 9.99 Å². The van der Waals surface area contributed by atoms with Crippen molar-refractivity contribution in [3.05, 3.63) is 28.4 Å². The molecule has 0 atom stereocenters. The van der Waals surface area contributed by atoms with E-state index in [4.69, 9.17) is 0 Å². The van der Waals surface area contributed by atoms with Crippen LogP contribution in [0.25, 0.3) is 0 Å². The fourth-order valence-electron chi connectivity index (χ4n) is 1.79. The molecule has 0 unspecified atom stereocenters. The van der Waals surface area contributed by atoms with Gasteiger partial charge in [0.2, 0.25) is 5.82 Å². The van der Waals surface area contributed by atoms with E-state index in [0.29, 0.717) is 5.82 Å². The minimum atomic E-state index is -0.417. The maximum Gasteiger partial charge on any atom is 0.312 e. The summed E-state index contributed by atoms with van der Waals surface area (Å²) in [6, 6.07) is 3.03. The zero-order valence-corrected chi connectivity index (χ0v) is 8.93. The highest BCUT2D eigenvalue weighted by atomic mass is 16.6. The molecule has 1 N–H and O–H groups in total. The lowest BCUT2D eigenvalue weighted by Crippen LogP contribution is -2.35. The number of aromatic nitrogens is 1. The number of nitrogens with one attached hydrogen (secondary N) is 1. The number of pyridine rings is 1. The van der Waals surface area contributed by atoms with Crippen molar-refractivity contribution in [3.63, 3.8) is 0 Å². The number of rotatable bonds is 3. The highest BCUT2D eigenvalue weighted by Crippen LogP contribution is 2.21. The van der Waals surface area contributed by atoms with Crippen molar-refractivity contribution in [1.82, 2.24) is 9.99 Å². The summed E-state index contributed by atoms with van der Waals surface area (Å²) >= 11 is 0. The van der Waals surface area contributed by atoms with Crippen LogP contribution in [0.4, 0.5) is 11.5 Å². The third kappa shape index (κ3) is 2.46. The molecule has 0 aliphatic carbocycles. The number of anilines is 1. The fraction of sp³-hybridized carbons (Fsp3) is 0.500. The SMILES string of the molecule is O=[N+]([O-])c1cccnc1NN1CCCCC1. The molecule has 0 aromatic carbocycles. The first-order valence-electron chi connectivity index (χ1n) is 5.38. The zero-order chi connectivity index (χ0) is 11.4. The van der Waals surface area contributed by atoms with Crippen molar-refractivity contribution in [2.45, 2.75) is 19.3 Å². The normalized spacial score (nSPS) is 17.0. The third-order valence-corrected chi connectivity index (χ3v) is 2.60. The van der Waals surface area contributed by atoms with Gasteiger partial charge in [0, 0.05) is 25.4 Å². The van der Waals surface area contributed by atoms with E-state index in [9.17, 15) is 10.1 Å². The summed E-state index contributed by atoms with van der Waals surface area (Å²) in [7, 11) is 0. The Morgan fingerprint density at radius 1 is 1.38 bits per heavy atom. The number of hydrogen-bond donors (Lipinski definition) is 1. The van der Waals surface area contributed by atoms with Crippen LogP contribution in [-0.2, 0) is 0 Å². The van der Waals surface area contributed by atoms with Crippen LogP contribution in [0.3, 0.4) is 0 Å². The van der Waals surface area contributed by atoms with E-state index in [-0.39, 0.29) is 5.69 Å². The summed E-state index contributed by atoms with van der Waals surface area (Å²) < 4.78 is 0. The van der Waals surface area contributed by atoms with Gasteiger partial charge in [0.1, 0.15) is 0 Å². The molecule has 1 fully saturated rings. The predicted octanol–water partition coefficient (Wildman–Crippen LogP) is 1.80. The Kier molecular flexibility index (Phi) is 3.31. The number of piperidine rings is 1. The predicted molar refractivity (Wildman–Crippen MR) is 59.9 cm³/mol. The van der Waals surface area contributed by atoms with Crippen LogP contribution in [0.5, 0.6) is 0 Å². The maximum absolute atomic E-state index is 10.8. The Balaban J connectivity index is 2.10. The van der Waals surface area contributed by atoms with Gasteiger partial charge in [0.15, 0.2) is 0 Å². The molecule has 6 heteroatoms. The van der Waals surface area contributed by atoms with E-state index in [0.717, 1.165) is 25.9 Å². The summed E-state index contributed by atoms with van der Waals surface area (Å²) in [5, 5.41) is 12.8. The molecule has 1 aromatic heterocycles. The Bertz CT molecular complexity index is 377. The van der Waals surface area contributed by atoms with E-state index in [1.807, 2.05) is 5.01 Å². The van der Waals surface area contributed by atoms with Crippen molar-refractivity contribution >= 4 is 11.5 Å². The topological polar surface area (TPSA) is 71.3 Å². The highest BCUT2D eigenvalue weighted by Gasteiger charge is 2.17. The first-order valence-corrected chi connectivity index (χ1v) is 5.38. The van der Waals surface area contributed by atoms with Crippen molar-refractivity contribution in [2.24, 2.45) is 0 Å². The first kappa shape index (κ1) is 10.8. The zero-order valence-electron chi connectivity index (χ0n) is 8.93. The minimum absolute atomic E-state index is 0.0214. The van der Waals surface area contributed by atoms with E-state index >= 15 is 0 Å². The van der Waals surface area contributed by atoms with Crippen LogP contribution in [-0.4, -0.2) is 28.0 Å². The van der Waals surface area contributed by atoms with Gasteiger partial charge in [-0.2, -0.15) is 0 Å². The van der Waals surface area contributed by atoms with Crippen molar-refractivity contribution in [1.29, 1.82) is 0 Å². The third-order valence-electron chi connectivity index (χ3n) is 2.60. The summed E-state index contributed by atoms with van der Waals surface area (Å²) in [5.41, 5.74) is 3.03. The molecule has 1 aliphatic rings. The molecule has 0 spiro atoms.